The first kappa shape index (κ1) is 12.9. The molecular formula is C13H17N3OS. The number of aromatic nitrogens is 1. The minimum absolute atomic E-state index is 0.141. The van der Waals surface area contributed by atoms with Crippen molar-refractivity contribution in [3.63, 3.8) is 0 Å². The highest BCUT2D eigenvalue weighted by molar-refractivity contribution is 7.13. The number of thiazole rings is 1. The third kappa shape index (κ3) is 3.23. The van der Waals surface area contributed by atoms with Gasteiger partial charge in [-0.1, -0.05) is 5.92 Å². The number of carbonyl (C=O) groups excluding carboxylic acids is 1. The zero-order valence-electron chi connectivity index (χ0n) is 10.5. The molecule has 2 rings (SSSR count). The molecule has 0 atom stereocenters. The van der Waals surface area contributed by atoms with Gasteiger partial charge in [0.25, 0.3) is 5.91 Å². The first-order valence-electron chi connectivity index (χ1n) is 6.19. The summed E-state index contributed by atoms with van der Waals surface area (Å²) < 4.78 is 0. The number of nitrogens with zero attached hydrogens (tertiary/aromatic N) is 2. The van der Waals surface area contributed by atoms with Crippen LogP contribution in [-0.4, -0.2) is 30.5 Å². The number of hydrogen-bond donors (Lipinski definition) is 1. The maximum atomic E-state index is 11.8. The van der Waals surface area contributed by atoms with E-state index in [2.05, 4.69) is 27.0 Å². The van der Waals surface area contributed by atoms with E-state index in [1.807, 2.05) is 5.38 Å². The molecule has 18 heavy (non-hydrogen) atoms. The molecule has 1 aromatic rings. The minimum atomic E-state index is -0.141. The second-order valence-electron chi connectivity index (χ2n) is 4.17. The van der Waals surface area contributed by atoms with Gasteiger partial charge in [0.2, 0.25) is 0 Å². The molecule has 0 aromatic carbocycles. The van der Waals surface area contributed by atoms with Crippen LogP contribution in [0.25, 0.3) is 0 Å². The topological polar surface area (TPSA) is 45.2 Å². The van der Waals surface area contributed by atoms with E-state index in [1.165, 1.54) is 19.3 Å². The molecule has 1 fully saturated rings. The van der Waals surface area contributed by atoms with Crippen molar-refractivity contribution in [3.8, 4) is 11.8 Å². The normalized spacial score (nSPS) is 14.8. The van der Waals surface area contributed by atoms with Crippen LogP contribution < -0.4 is 10.2 Å². The van der Waals surface area contributed by atoms with Gasteiger partial charge in [-0.3, -0.25) is 4.79 Å². The Bertz CT molecular complexity index is 466. The standard InChI is InChI=1S/C13H17N3OS/c1-2-3-7-14-12(17)11-10-18-13(15-11)16-8-5-4-6-9-16/h10H,4-9H2,1H3,(H,14,17). The van der Waals surface area contributed by atoms with E-state index in [0.717, 1.165) is 18.2 Å². The molecule has 96 valence electrons. The molecule has 0 saturated carbocycles. The molecule has 0 unspecified atom stereocenters. The van der Waals surface area contributed by atoms with Crippen molar-refractivity contribution in [1.82, 2.24) is 10.3 Å². The lowest BCUT2D eigenvalue weighted by atomic mass is 10.1. The molecule has 1 aliphatic heterocycles. The van der Waals surface area contributed by atoms with Gasteiger partial charge < -0.3 is 10.2 Å². The number of amides is 1. The third-order valence-corrected chi connectivity index (χ3v) is 3.77. The molecule has 5 heteroatoms. The quantitative estimate of drug-likeness (QED) is 0.847. The molecule has 1 amide bonds. The fourth-order valence-corrected chi connectivity index (χ4v) is 2.76. The van der Waals surface area contributed by atoms with E-state index in [-0.39, 0.29) is 5.91 Å². The smallest absolute Gasteiger partial charge is 0.271 e. The van der Waals surface area contributed by atoms with E-state index >= 15 is 0 Å². The van der Waals surface area contributed by atoms with Crippen molar-refractivity contribution < 1.29 is 4.79 Å². The van der Waals surface area contributed by atoms with Crippen LogP contribution in [0.1, 0.15) is 36.7 Å². The van der Waals surface area contributed by atoms with Crippen LogP contribution >= 0.6 is 11.3 Å². The average molecular weight is 263 g/mol. The summed E-state index contributed by atoms with van der Waals surface area (Å²) in [6, 6.07) is 0. The van der Waals surface area contributed by atoms with Gasteiger partial charge in [-0.15, -0.1) is 17.3 Å². The van der Waals surface area contributed by atoms with Crippen molar-refractivity contribution in [2.24, 2.45) is 0 Å². The van der Waals surface area contributed by atoms with Crippen molar-refractivity contribution in [3.05, 3.63) is 11.1 Å². The van der Waals surface area contributed by atoms with Crippen molar-refractivity contribution in [1.29, 1.82) is 0 Å². The van der Waals surface area contributed by atoms with Crippen LogP contribution in [0.4, 0.5) is 5.13 Å². The summed E-state index contributed by atoms with van der Waals surface area (Å²) in [5.74, 6) is 5.40. The summed E-state index contributed by atoms with van der Waals surface area (Å²) in [4.78, 5) is 18.4. The van der Waals surface area contributed by atoms with E-state index in [9.17, 15) is 4.79 Å². The predicted molar refractivity (Wildman–Crippen MR) is 74.0 cm³/mol. The van der Waals surface area contributed by atoms with Gasteiger partial charge >= 0.3 is 0 Å². The zero-order valence-corrected chi connectivity index (χ0v) is 11.3. The van der Waals surface area contributed by atoms with Crippen LogP contribution in [0.3, 0.4) is 0 Å². The average Bonchev–Trinajstić information content (AvgIpc) is 2.89. The Hall–Kier alpha value is -1.54. The molecule has 1 aliphatic rings. The van der Waals surface area contributed by atoms with Crippen molar-refractivity contribution in [2.75, 3.05) is 24.5 Å². The number of rotatable bonds is 3. The lowest BCUT2D eigenvalue weighted by molar-refractivity contribution is 0.0954. The molecule has 0 bridgehead atoms. The van der Waals surface area contributed by atoms with Gasteiger partial charge in [0, 0.05) is 18.5 Å². The number of carbonyl (C=O) groups is 1. The highest BCUT2D eigenvalue weighted by atomic mass is 32.1. The van der Waals surface area contributed by atoms with Crippen LogP contribution in [0.15, 0.2) is 5.38 Å². The highest BCUT2D eigenvalue weighted by Gasteiger charge is 2.16. The van der Waals surface area contributed by atoms with Gasteiger partial charge in [0.05, 0.1) is 6.54 Å². The summed E-state index contributed by atoms with van der Waals surface area (Å²) in [5, 5.41) is 5.51. The molecule has 2 heterocycles. The summed E-state index contributed by atoms with van der Waals surface area (Å²) in [6.07, 6.45) is 3.73. The fourth-order valence-electron chi connectivity index (χ4n) is 1.90. The van der Waals surface area contributed by atoms with E-state index in [4.69, 9.17) is 0 Å². The summed E-state index contributed by atoms with van der Waals surface area (Å²) >= 11 is 1.54. The fraction of sp³-hybridized carbons (Fsp3) is 0.538. The molecule has 0 aliphatic carbocycles. The Kier molecular flexibility index (Phi) is 4.59. The lowest BCUT2D eigenvalue weighted by Crippen LogP contribution is -2.29. The summed E-state index contributed by atoms with van der Waals surface area (Å²) in [7, 11) is 0. The van der Waals surface area contributed by atoms with E-state index in [0.29, 0.717) is 12.2 Å². The lowest BCUT2D eigenvalue weighted by Gasteiger charge is -2.25. The first-order chi connectivity index (χ1) is 8.81. The van der Waals surface area contributed by atoms with Crippen LogP contribution in [0.2, 0.25) is 0 Å². The largest absolute Gasteiger partial charge is 0.348 e. The molecule has 0 spiro atoms. The molecule has 4 nitrogen and oxygen atoms in total. The van der Waals surface area contributed by atoms with Gasteiger partial charge in [-0.25, -0.2) is 4.98 Å². The number of hydrogen-bond acceptors (Lipinski definition) is 4. The zero-order chi connectivity index (χ0) is 12.8. The second kappa shape index (κ2) is 6.41. The molecule has 1 aromatic heterocycles. The molecule has 0 radical (unpaired) electrons. The third-order valence-electron chi connectivity index (χ3n) is 2.87. The van der Waals surface area contributed by atoms with Crippen LogP contribution in [0.5, 0.6) is 0 Å². The van der Waals surface area contributed by atoms with E-state index in [1.54, 1.807) is 18.3 Å². The van der Waals surface area contributed by atoms with Crippen LogP contribution in [0, 0.1) is 11.8 Å². The Morgan fingerprint density at radius 2 is 2.28 bits per heavy atom. The molecule has 1 N–H and O–H groups in total. The molecule has 1 saturated heterocycles. The molecular weight excluding hydrogens is 246 g/mol. The maximum absolute atomic E-state index is 11.8. The Balaban J connectivity index is 1.95. The van der Waals surface area contributed by atoms with E-state index < -0.39 is 0 Å². The number of nitrogens with one attached hydrogen (secondary N) is 1. The monoisotopic (exact) mass is 263 g/mol. The van der Waals surface area contributed by atoms with Gasteiger partial charge in [-0.2, -0.15) is 0 Å². The Morgan fingerprint density at radius 3 is 3.00 bits per heavy atom. The summed E-state index contributed by atoms with van der Waals surface area (Å²) in [6.45, 7) is 4.24. The number of anilines is 1. The summed E-state index contributed by atoms with van der Waals surface area (Å²) in [5.41, 5.74) is 0.499. The van der Waals surface area contributed by atoms with Gasteiger partial charge in [-0.05, 0) is 26.2 Å². The minimum Gasteiger partial charge on any atom is -0.348 e. The highest BCUT2D eigenvalue weighted by Crippen LogP contribution is 2.23. The van der Waals surface area contributed by atoms with Crippen molar-refractivity contribution in [2.45, 2.75) is 26.2 Å². The maximum Gasteiger partial charge on any atom is 0.271 e. The first-order valence-corrected chi connectivity index (χ1v) is 7.07. The van der Waals surface area contributed by atoms with Gasteiger partial charge in [0.1, 0.15) is 5.69 Å². The predicted octanol–water partition coefficient (Wildman–Crippen LogP) is 1.89. The SMILES string of the molecule is CC#CCNC(=O)c1csc(N2CCCCC2)n1. The van der Waals surface area contributed by atoms with Crippen LogP contribution in [-0.2, 0) is 0 Å². The van der Waals surface area contributed by atoms with Gasteiger partial charge in [0.15, 0.2) is 5.13 Å². The Labute approximate surface area is 111 Å². The Morgan fingerprint density at radius 1 is 1.50 bits per heavy atom. The number of piperidine rings is 1. The second-order valence-corrected chi connectivity index (χ2v) is 5.01. The van der Waals surface area contributed by atoms with Crippen molar-refractivity contribution >= 4 is 22.4 Å².